The summed E-state index contributed by atoms with van der Waals surface area (Å²) in [6.07, 6.45) is 0. The number of furan rings is 1. The van der Waals surface area contributed by atoms with Gasteiger partial charge in [-0.25, -0.2) is 13.1 Å². The summed E-state index contributed by atoms with van der Waals surface area (Å²) in [6, 6.07) is 1.62. The van der Waals surface area contributed by atoms with Gasteiger partial charge in [-0.05, 0) is 33.9 Å². The van der Waals surface area contributed by atoms with Crippen molar-refractivity contribution in [3.8, 4) is 0 Å². The van der Waals surface area contributed by atoms with Crippen LogP contribution in [-0.2, 0) is 10.0 Å². The lowest BCUT2D eigenvalue weighted by Crippen LogP contribution is -2.37. The Hall–Kier alpha value is -0.850. The van der Waals surface area contributed by atoms with Gasteiger partial charge in [0, 0.05) is 12.6 Å². The monoisotopic (exact) mass is 246 g/mol. The topological polar surface area (TPSA) is 71.3 Å². The Kier molecular flexibility index (Phi) is 4.12. The molecule has 5 nitrogen and oxygen atoms in total. The van der Waals surface area contributed by atoms with Crippen molar-refractivity contribution in [2.24, 2.45) is 0 Å². The molecule has 0 saturated carbocycles. The fraction of sp³-hybridized carbons (Fsp3) is 0.600. The summed E-state index contributed by atoms with van der Waals surface area (Å²) < 4.78 is 31.5. The molecule has 0 fully saturated rings. The van der Waals surface area contributed by atoms with E-state index in [9.17, 15) is 8.42 Å². The minimum Gasteiger partial charge on any atom is -0.465 e. The fourth-order valence-electron chi connectivity index (χ4n) is 1.29. The average molecular weight is 246 g/mol. The number of aryl methyl sites for hydroxylation is 2. The predicted octanol–water partition coefficient (Wildman–Crippen LogP) is 0.783. The van der Waals surface area contributed by atoms with Crippen LogP contribution in [0.1, 0.15) is 18.4 Å². The van der Waals surface area contributed by atoms with Crippen LogP contribution < -0.4 is 10.0 Å². The van der Waals surface area contributed by atoms with Crippen LogP contribution in [0.5, 0.6) is 0 Å². The Bertz CT molecular complexity index is 451. The third-order valence-corrected chi connectivity index (χ3v) is 3.89. The Morgan fingerprint density at radius 1 is 1.44 bits per heavy atom. The van der Waals surface area contributed by atoms with E-state index in [4.69, 9.17) is 4.42 Å². The van der Waals surface area contributed by atoms with E-state index < -0.39 is 10.0 Å². The van der Waals surface area contributed by atoms with Crippen LogP contribution in [0.25, 0.3) is 0 Å². The van der Waals surface area contributed by atoms with Crippen molar-refractivity contribution in [1.29, 1.82) is 0 Å². The van der Waals surface area contributed by atoms with E-state index >= 15 is 0 Å². The van der Waals surface area contributed by atoms with Gasteiger partial charge in [0.1, 0.15) is 16.4 Å². The minimum atomic E-state index is -3.46. The standard InChI is InChI=1S/C10H18N2O3S/c1-7(11-4)6-12-16(13,14)10-5-8(2)15-9(10)3/h5,7,11-12H,6H2,1-4H3. The lowest BCUT2D eigenvalue weighted by molar-refractivity contribution is 0.495. The van der Waals surface area contributed by atoms with Crippen molar-refractivity contribution in [3.63, 3.8) is 0 Å². The second-order valence-corrected chi connectivity index (χ2v) is 5.55. The van der Waals surface area contributed by atoms with Gasteiger partial charge in [-0.2, -0.15) is 0 Å². The normalized spacial score (nSPS) is 14.0. The Morgan fingerprint density at radius 3 is 2.50 bits per heavy atom. The second-order valence-electron chi connectivity index (χ2n) is 3.82. The molecule has 0 aliphatic heterocycles. The summed E-state index contributed by atoms with van der Waals surface area (Å²) in [7, 11) is -1.68. The van der Waals surface area contributed by atoms with Crippen molar-refractivity contribution < 1.29 is 12.8 Å². The Labute approximate surface area is 96.3 Å². The zero-order valence-corrected chi connectivity index (χ0v) is 10.8. The molecular weight excluding hydrogens is 228 g/mol. The van der Waals surface area contributed by atoms with Gasteiger partial charge in [0.2, 0.25) is 10.0 Å². The van der Waals surface area contributed by atoms with Crippen molar-refractivity contribution in [3.05, 3.63) is 17.6 Å². The number of likely N-dealkylation sites (N-methyl/N-ethyl adjacent to an activating group) is 1. The maximum absolute atomic E-state index is 11.9. The molecule has 1 atom stereocenters. The van der Waals surface area contributed by atoms with Gasteiger partial charge in [0.25, 0.3) is 0 Å². The molecule has 1 unspecified atom stereocenters. The molecule has 1 aromatic rings. The summed E-state index contributed by atoms with van der Waals surface area (Å²) in [4.78, 5) is 0.216. The van der Waals surface area contributed by atoms with Crippen LogP contribution in [-0.4, -0.2) is 28.1 Å². The molecule has 6 heteroatoms. The molecule has 0 spiro atoms. The van der Waals surface area contributed by atoms with E-state index in [0.717, 1.165) is 0 Å². The van der Waals surface area contributed by atoms with Crippen LogP contribution in [0.15, 0.2) is 15.4 Å². The van der Waals surface area contributed by atoms with Crippen molar-refractivity contribution in [2.45, 2.75) is 31.7 Å². The number of sulfonamides is 1. The van der Waals surface area contributed by atoms with Crippen LogP contribution in [0.4, 0.5) is 0 Å². The summed E-state index contributed by atoms with van der Waals surface area (Å²) >= 11 is 0. The van der Waals surface area contributed by atoms with E-state index in [-0.39, 0.29) is 10.9 Å². The molecule has 1 rings (SSSR count). The molecule has 16 heavy (non-hydrogen) atoms. The smallest absolute Gasteiger partial charge is 0.244 e. The molecule has 0 amide bonds. The maximum atomic E-state index is 11.9. The maximum Gasteiger partial charge on any atom is 0.244 e. The second kappa shape index (κ2) is 4.99. The molecule has 0 aromatic carbocycles. The largest absolute Gasteiger partial charge is 0.465 e. The van der Waals surface area contributed by atoms with E-state index in [1.807, 2.05) is 6.92 Å². The molecule has 0 aliphatic carbocycles. The Balaban J connectivity index is 2.82. The van der Waals surface area contributed by atoms with Gasteiger partial charge in [-0.15, -0.1) is 0 Å². The van der Waals surface area contributed by atoms with Crippen LogP contribution in [0.3, 0.4) is 0 Å². The first-order valence-electron chi connectivity index (χ1n) is 5.11. The van der Waals surface area contributed by atoms with E-state index in [0.29, 0.717) is 18.1 Å². The highest BCUT2D eigenvalue weighted by atomic mass is 32.2. The summed E-state index contributed by atoms with van der Waals surface area (Å²) in [6.45, 7) is 5.61. The predicted molar refractivity (Wildman–Crippen MR) is 61.9 cm³/mol. The highest BCUT2D eigenvalue weighted by Gasteiger charge is 2.20. The van der Waals surface area contributed by atoms with Gasteiger partial charge >= 0.3 is 0 Å². The first-order valence-corrected chi connectivity index (χ1v) is 6.59. The van der Waals surface area contributed by atoms with E-state index in [1.165, 1.54) is 6.07 Å². The zero-order valence-electron chi connectivity index (χ0n) is 9.99. The summed E-state index contributed by atoms with van der Waals surface area (Å²) in [5, 5.41) is 2.96. The number of hydrogen-bond acceptors (Lipinski definition) is 4. The molecule has 0 radical (unpaired) electrons. The molecular formula is C10H18N2O3S. The van der Waals surface area contributed by atoms with Gasteiger partial charge in [-0.1, -0.05) is 0 Å². The van der Waals surface area contributed by atoms with Gasteiger partial charge in [-0.3, -0.25) is 0 Å². The van der Waals surface area contributed by atoms with E-state index in [1.54, 1.807) is 20.9 Å². The minimum absolute atomic E-state index is 0.0862. The first-order chi connectivity index (χ1) is 7.36. The lowest BCUT2D eigenvalue weighted by Gasteiger charge is -2.11. The number of rotatable bonds is 5. The first kappa shape index (κ1) is 13.2. The van der Waals surface area contributed by atoms with Crippen LogP contribution >= 0.6 is 0 Å². The summed E-state index contributed by atoms with van der Waals surface area (Å²) in [5.41, 5.74) is 0. The number of hydrogen-bond donors (Lipinski definition) is 2. The molecule has 0 bridgehead atoms. The zero-order chi connectivity index (χ0) is 12.3. The molecule has 0 aliphatic rings. The average Bonchev–Trinajstić information content (AvgIpc) is 2.55. The SMILES string of the molecule is CNC(C)CNS(=O)(=O)c1cc(C)oc1C. The van der Waals surface area contributed by atoms with Crippen LogP contribution in [0.2, 0.25) is 0 Å². The van der Waals surface area contributed by atoms with Gasteiger partial charge < -0.3 is 9.73 Å². The summed E-state index contributed by atoms with van der Waals surface area (Å²) in [5.74, 6) is 1.02. The third kappa shape index (κ3) is 3.07. The molecule has 1 heterocycles. The van der Waals surface area contributed by atoms with Crippen molar-refractivity contribution in [1.82, 2.24) is 10.0 Å². The van der Waals surface area contributed by atoms with Gasteiger partial charge in [0.05, 0.1) is 0 Å². The van der Waals surface area contributed by atoms with E-state index in [2.05, 4.69) is 10.0 Å². The highest BCUT2D eigenvalue weighted by Crippen LogP contribution is 2.18. The Morgan fingerprint density at radius 2 is 2.06 bits per heavy atom. The highest BCUT2D eigenvalue weighted by molar-refractivity contribution is 7.89. The van der Waals surface area contributed by atoms with Crippen molar-refractivity contribution >= 4 is 10.0 Å². The van der Waals surface area contributed by atoms with Crippen LogP contribution in [0, 0.1) is 13.8 Å². The lowest BCUT2D eigenvalue weighted by atomic mass is 10.4. The molecule has 92 valence electrons. The van der Waals surface area contributed by atoms with Crippen molar-refractivity contribution in [2.75, 3.05) is 13.6 Å². The quantitative estimate of drug-likeness (QED) is 0.805. The molecule has 0 saturated heterocycles. The third-order valence-electron chi connectivity index (χ3n) is 2.36. The fourth-order valence-corrected chi connectivity index (χ4v) is 2.65. The molecule has 2 N–H and O–H groups in total. The van der Waals surface area contributed by atoms with Gasteiger partial charge in [0.15, 0.2) is 0 Å². The molecule has 1 aromatic heterocycles. The number of nitrogens with one attached hydrogen (secondary N) is 2.